The predicted octanol–water partition coefficient (Wildman–Crippen LogP) is 17.6. The number of esters is 1. The first-order chi connectivity index (χ1) is 35.4. The van der Waals surface area contributed by atoms with Gasteiger partial charge < -0.3 is 28.5 Å². The van der Waals surface area contributed by atoms with Crippen molar-refractivity contribution in [3.8, 4) is 0 Å². The lowest BCUT2D eigenvalue weighted by atomic mass is 10.0. The molecule has 0 bridgehead atoms. The molecule has 422 valence electrons. The van der Waals surface area contributed by atoms with Crippen LogP contribution in [0.1, 0.15) is 252 Å². The van der Waals surface area contributed by atoms with Crippen LogP contribution in [0.4, 0.5) is 0 Å². The SMILES string of the molecule is CC/C=C\C/C=C\C/C=C\C/C=C\C/C=C\CCCC(=O)OC(/C=C/CCCCCCCCCCC)C(COP(=O)([O-])OCC[N+](C)(C)C)NC(=O)CCCCCCCCCCC/C=C/CCCCCCCC. The molecule has 0 saturated carbocycles. The Morgan fingerprint density at radius 3 is 1.36 bits per heavy atom. The Hall–Kier alpha value is -2.81. The highest BCUT2D eigenvalue weighted by molar-refractivity contribution is 7.45. The summed E-state index contributed by atoms with van der Waals surface area (Å²) in [5.41, 5.74) is 0. The number of phosphoric acid groups is 1. The summed E-state index contributed by atoms with van der Waals surface area (Å²) in [5, 5.41) is 3.01. The van der Waals surface area contributed by atoms with E-state index in [0.29, 0.717) is 23.9 Å². The molecule has 3 unspecified atom stereocenters. The van der Waals surface area contributed by atoms with Crippen LogP contribution in [-0.4, -0.2) is 69.4 Å². The Morgan fingerprint density at radius 2 is 0.890 bits per heavy atom. The van der Waals surface area contributed by atoms with Crippen molar-refractivity contribution in [3.63, 3.8) is 0 Å². The van der Waals surface area contributed by atoms with E-state index in [4.69, 9.17) is 13.8 Å². The number of unbranched alkanes of at least 4 members (excludes halogenated alkanes) is 25. The Kier molecular flexibility index (Phi) is 50.6. The molecule has 0 fully saturated rings. The van der Waals surface area contributed by atoms with Crippen LogP contribution in [0.15, 0.2) is 85.1 Å². The Balaban J connectivity index is 5.34. The number of amides is 1. The van der Waals surface area contributed by atoms with Crippen molar-refractivity contribution in [2.75, 3.05) is 40.9 Å². The molecule has 0 rings (SSSR count). The van der Waals surface area contributed by atoms with Gasteiger partial charge in [-0.3, -0.25) is 14.2 Å². The molecule has 0 heterocycles. The molecule has 0 radical (unpaired) electrons. The van der Waals surface area contributed by atoms with Crippen molar-refractivity contribution in [1.29, 1.82) is 0 Å². The summed E-state index contributed by atoms with van der Waals surface area (Å²) in [7, 11) is 1.15. The summed E-state index contributed by atoms with van der Waals surface area (Å²) < 4.78 is 30.2. The maximum Gasteiger partial charge on any atom is 0.306 e. The number of carbonyl (C=O) groups excluding carboxylic acids is 2. The molecule has 0 saturated heterocycles. The maximum atomic E-state index is 13.5. The number of nitrogens with one attached hydrogen (secondary N) is 1. The summed E-state index contributed by atoms with van der Waals surface area (Å²) >= 11 is 0. The number of quaternary nitrogens is 1. The zero-order valence-electron chi connectivity index (χ0n) is 48.1. The van der Waals surface area contributed by atoms with Gasteiger partial charge in [0.1, 0.15) is 19.3 Å². The molecule has 0 aromatic rings. The molecule has 10 heteroatoms. The highest BCUT2D eigenvalue weighted by atomic mass is 31.2. The van der Waals surface area contributed by atoms with E-state index in [1.807, 2.05) is 33.3 Å². The summed E-state index contributed by atoms with van der Waals surface area (Å²) in [6.07, 6.45) is 68.4. The Morgan fingerprint density at radius 1 is 0.493 bits per heavy atom. The van der Waals surface area contributed by atoms with Crippen LogP contribution in [0.2, 0.25) is 0 Å². The average Bonchev–Trinajstić information content (AvgIpc) is 3.35. The molecule has 9 nitrogen and oxygen atoms in total. The van der Waals surface area contributed by atoms with Gasteiger partial charge >= 0.3 is 5.97 Å². The number of hydrogen-bond acceptors (Lipinski definition) is 7. The van der Waals surface area contributed by atoms with Crippen molar-refractivity contribution in [2.45, 2.75) is 264 Å². The minimum atomic E-state index is -4.71. The standard InChI is InChI=1S/C63H113N2O7P/c1-7-10-13-16-19-22-25-27-29-31-32-34-35-37-40-43-46-49-52-55-62(66)64-60(59-71-73(68,69)70-58-57-65(4,5)6)61(54-51-48-45-42-39-24-21-18-15-12-9-3)72-63(67)56-53-50-47-44-41-38-36-33-30-28-26-23-20-17-14-11-8-2/h11,14,20,23,27-30,36,38,44,47,51,54,60-61H,7-10,12-13,15-19,21-22,24-26,31-35,37,39-43,45-46,48-50,52-53,55-59H2,1-6H3,(H-,64,66,68,69)/b14-11-,23-20-,29-27+,30-28-,38-36-,47-44-,54-51+. The van der Waals surface area contributed by atoms with Crippen molar-refractivity contribution < 1.29 is 37.3 Å². The maximum absolute atomic E-state index is 13.5. The number of ether oxygens (including phenoxy) is 1. The zero-order valence-corrected chi connectivity index (χ0v) is 49.0. The van der Waals surface area contributed by atoms with Crippen molar-refractivity contribution in [1.82, 2.24) is 5.32 Å². The van der Waals surface area contributed by atoms with Gasteiger partial charge in [0.2, 0.25) is 5.91 Å². The quantitative estimate of drug-likeness (QED) is 0.0212. The number of allylic oxidation sites excluding steroid dienone is 13. The van der Waals surface area contributed by atoms with E-state index in [1.165, 1.54) is 128 Å². The van der Waals surface area contributed by atoms with Gasteiger partial charge in [-0.15, -0.1) is 0 Å². The number of phosphoric ester groups is 1. The molecule has 1 N–H and O–H groups in total. The third kappa shape index (κ3) is 53.8. The first-order valence-corrected chi connectivity index (χ1v) is 31.4. The minimum absolute atomic E-state index is 0.0345. The highest BCUT2D eigenvalue weighted by Gasteiger charge is 2.27. The first-order valence-electron chi connectivity index (χ1n) is 29.9. The lowest BCUT2D eigenvalue weighted by Crippen LogP contribution is -2.47. The van der Waals surface area contributed by atoms with Crippen LogP contribution >= 0.6 is 7.82 Å². The topological polar surface area (TPSA) is 114 Å². The van der Waals surface area contributed by atoms with Gasteiger partial charge in [-0.05, 0) is 96.0 Å². The van der Waals surface area contributed by atoms with Gasteiger partial charge in [0.05, 0.1) is 33.8 Å². The largest absolute Gasteiger partial charge is 0.756 e. The van der Waals surface area contributed by atoms with Crippen LogP contribution in [0.25, 0.3) is 0 Å². The number of carbonyl (C=O) groups is 2. The molecule has 0 aliphatic carbocycles. The number of rotatable bonds is 53. The first kappa shape index (κ1) is 70.2. The second kappa shape index (κ2) is 52.6. The fourth-order valence-electron chi connectivity index (χ4n) is 8.20. The molecule has 0 aromatic carbocycles. The fraction of sp³-hybridized carbons (Fsp3) is 0.746. The Labute approximate surface area is 450 Å². The van der Waals surface area contributed by atoms with Gasteiger partial charge in [0.25, 0.3) is 7.82 Å². The van der Waals surface area contributed by atoms with Gasteiger partial charge in [0, 0.05) is 12.8 Å². The van der Waals surface area contributed by atoms with Crippen LogP contribution in [0.5, 0.6) is 0 Å². The summed E-state index contributed by atoms with van der Waals surface area (Å²) in [4.78, 5) is 39.9. The normalized spacial score (nSPS) is 14.3. The minimum Gasteiger partial charge on any atom is -0.756 e. The van der Waals surface area contributed by atoms with Gasteiger partial charge in [-0.25, -0.2) is 0 Å². The smallest absolute Gasteiger partial charge is 0.306 e. The molecule has 1 amide bonds. The van der Waals surface area contributed by atoms with E-state index >= 15 is 0 Å². The number of hydrogen-bond donors (Lipinski definition) is 1. The van der Waals surface area contributed by atoms with Crippen LogP contribution < -0.4 is 10.2 Å². The van der Waals surface area contributed by atoms with Crippen molar-refractivity contribution >= 4 is 19.7 Å². The van der Waals surface area contributed by atoms with E-state index < -0.39 is 32.5 Å². The fourth-order valence-corrected chi connectivity index (χ4v) is 8.92. The third-order valence-electron chi connectivity index (χ3n) is 12.8. The van der Waals surface area contributed by atoms with E-state index in [0.717, 1.165) is 83.5 Å². The molecular weight excluding hydrogens is 928 g/mol. The predicted molar refractivity (Wildman–Crippen MR) is 311 cm³/mol. The van der Waals surface area contributed by atoms with Gasteiger partial charge in [-0.2, -0.15) is 0 Å². The summed E-state index contributed by atoms with van der Waals surface area (Å²) in [6.45, 7) is 6.68. The highest BCUT2D eigenvalue weighted by Crippen LogP contribution is 2.38. The molecule has 0 spiro atoms. The second-order valence-electron chi connectivity index (χ2n) is 21.1. The van der Waals surface area contributed by atoms with E-state index in [-0.39, 0.29) is 18.9 Å². The van der Waals surface area contributed by atoms with Crippen molar-refractivity contribution in [3.05, 3.63) is 85.1 Å². The van der Waals surface area contributed by atoms with Crippen LogP contribution in [0, 0.1) is 0 Å². The molecule has 0 aromatic heterocycles. The number of likely N-dealkylation sites (N-methyl/N-ethyl adjacent to an activating group) is 1. The van der Waals surface area contributed by atoms with E-state index in [2.05, 4.69) is 99.0 Å². The lowest BCUT2D eigenvalue weighted by molar-refractivity contribution is -0.870. The monoisotopic (exact) mass is 1040 g/mol. The molecular formula is C63H113N2O7P. The Bertz CT molecular complexity index is 1530. The molecule has 0 aliphatic heterocycles. The summed E-state index contributed by atoms with van der Waals surface area (Å²) in [6, 6.07) is -0.915. The van der Waals surface area contributed by atoms with Gasteiger partial charge in [-0.1, -0.05) is 228 Å². The zero-order chi connectivity index (χ0) is 53.6. The third-order valence-corrected chi connectivity index (χ3v) is 13.8. The second-order valence-corrected chi connectivity index (χ2v) is 22.5. The van der Waals surface area contributed by atoms with Crippen LogP contribution in [-0.2, 0) is 27.9 Å². The summed E-state index contributed by atoms with van der Waals surface area (Å²) in [5.74, 6) is -0.613. The van der Waals surface area contributed by atoms with Crippen molar-refractivity contribution in [2.24, 2.45) is 0 Å². The van der Waals surface area contributed by atoms with Gasteiger partial charge in [0.15, 0.2) is 0 Å². The van der Waals surface area contributed by atoms with E-state index in [9.17, 15) is 19.0 Å². The molecule has 3 atom stereocenters. The number of nitrogens with zero attached hydrogens (tertiary/aromatic N) is 1. The lowest BCUT2D eigenvalue weighted by Gasteiger charge is -2.30. The molecule has 0 aliphatic rings. The van der Waals surface area contributed by atoms with Crippen LogP contribution in [0.3, 0.4) is 0 Å². The molecule has 73 heavy (non-hydrogen) atoms. The van der Waals surface area contributed by atoms with E-state index in [1.54, 1.807) is 0 Å². The average molecular weight is 1040 g/mol.